The van der Waals surface area contributed by atoms with Gasteiger partial charge in [0.25, 0.3) is 5.91 Å². The molecule has 1 aromatic heterocycles. The van der Waals surface area contributed by atoms with Crippen molar-refractivity contribution in [3.8, 4) is 5.69 Å². The van der Waals surface area contributed by atoms with Gasteiger partial charge < -0.3 is 10.1 Å². The highest BCUT2D eigenvalue weighted by atomic mass is 16.5. The van der Waals surface area contributed by atoms with Crippen LogP contribution in [0.2, 0.25) is 0 Å². The van der Waals surface area contributed by atoms with E-state index >= 15 is 0 Å². The molecule has 0 saturated carbocycles. The predicted molar refractivity (Wildman–Crippen MR) is 107 cm³/mol. The van der Waals surface area contributed by atoms with E-state index in [4.69, 9.17) is 4.74 Å². The Morgan fingerprint density at radius 2 is 1.79 bits per heavy atom. The zero-order valence-corrected chi connectivity index (χ0v) is 16.0. The lowest BCUT2D eigenvalue weighted by Gasteiger charge is -2.13. The molecule has 1 N–H and O–H groups in total. The maximum Gasteiger partial charge on any atom is 0.311 e. The molecule has 144 valence electrons. The van der Waals surface area contributed by atoms with Gasteiger partial charge in [0.05, 0.1) is 18.3 Å². The average Bonchev–Trinajstić information content (AvgIpc) is 3.17. The highest BCUT2D eigenvalue weighted by Crippen LogP contribution is 2.12. The first kappa shape index (κ1) is 19.4. The number of nitrogens with one attached hydrogen (secondary N) is 1. The molecular formula is C22H23N3O3. The third-order valence-electron chi connectivity index (χ3n) is 4.31. The molecule has 28 heavy (non-hydrogen) atoms. The molecule has 0 fully saturated rings. The maximum atomic E-state index is 12.2. The zero-order valence-electron chi connectivity index (χ0n) is 16.0. The van der Waals surface area contributed by atoms with E-state index in [9.17, 15) is 9.59 Å². The number of amides is 1. The number of benzene rings is 2. The van der Waals surface area contributed by atoms with Crippen LogP contribution in [0.25, 0.3) is 5.69 Å². The molecule has 0 radical (unpaired) electrons. The van der Waals surface area contributed by atoms with Crippen molar-refractivity contribution in [1.82, 2.24) is 9.78 Å². The van der Waals surface area contributed by atoms with Crippen molar-refractivity contribution in [2.75, 3.05) is 5.32 Å². The first-order chi connectivity index (χ1) is 13.5. The SMILES string of the molecule is CCc1ccc(NC(=O)C(C)OC(=O)Cc2cnn(-c3ccccc3)c2)cc1. The second-order valence-corrected chi connectivity index (χ2v) is 6.48. The summed E-state index contributed by atoms with van der Waals surface area (Å²) in [5, 5.41) is 7.01. The summed E-state index contributed by atoms with van der Waals surface area (Å²) in [6.07, 6.45) is 3.49. The third-order valence-corrected chi connectivity index (χ3v) is 4.31. The number of ether oxygens (including phenoxy) is 1. The third kappa shape index (κ3) is 5.07. The van der Waals surface area contributed by atoms with Gasteiger partial charge in [0.2, 0.25) is 0 Å². The molecule has 0 bridgehead atoms. The molecule has 0 spiro atoms. The van der Waals surface area contributed by atoms with Gasteiger partial charge in [0, 0.05) is 17.4 Å². The van der Waals surface area contributed by atoms with Crippen LogP contribution in [0, 0.1) is 0 Å². The lowest BCUT2D eigenvalue weighted by molar-refractivity contribution is -0.152. The van der Waals surface area contributed by atoms with Crippen LogP contribution in [-0.4, -0.2) is 27.8 Å². The molecule has 1 amide bonds. The van der Waals surface area contributed by atoms with Crippen LogP contribution in [0.1, 0.15) is 25.0 Å². The molecule has 2 aromatic carbocycles. The Bertz CT molecular complexity index is 933. The molecule has 0 aliphatic heterocycles. The summed E-state index contributed by atoms with van der Waals surface area (Å²) >= 11 is 0. The van der Waals surface area contributed by atoms with Gasteiger partial charge in [-0.1, -0.05) is 37.3 Å². The number of esters is 1. The fourth-order valence-electron chi connectivity index (χ4n) is 2.70. The maximum absolute atomic E-state index is 12.2. The summed E-state index contributed by atoms with van der Waals surface area (Å²) in [6.45, 7) is 3.62. The average molecular weight is 377 g/mol. The van der Waals surface area contributed by atoms with Crippen molar-refractivity contribution in [1.29, 1.82) is 0 Å². The van der Waals surface area contributed by atoms with Crippen molar-refractivity contribution in [3.63, 3.8) is 0 Å². The molecular weight excluding hydrogens is 354 g/mol. The Hall–Kier alpha value is -3.41. The van der Waals surface area contributed by atoms with Crippen LogP contribution < -0.4 is 5.32 Å². The van der Waals surface area contributed by atoms with Crippen LogP contribution in [0.5, 0.6) is 0 Å². The number of aromatic nitrogens is 2. The van der Waals surface area contributed by atoms with Gasteiger partial charge in [0.15, 0.2) is 6.10 Å². The van der Waals surface area contributed by atoms with Crippen molar-refractivity contribution in [2.45, 2.75) is 32.8 Å². The summed E-state index contributed by atoms with van der Waals surface area (Å²) in [5.41, 5.74) is 3.49. The highest BCUT2D eigenvalue weighted by Gasteiger charge is 2.18. The monoisotopic (exact) mass is 377 g/mol. The lowest BCUT2D eigenvalue weighted by atomic mass is 10.1. The number of carbonyl (C=O) groups is 2. The van der Waals surface area contributed by atoms with Gasteiger partial charge >= 0.3 is 5.97 Å². The quantitative estimate of drug-likeness (QED) is 0.639. The predicted octanol–water partition coefficient (Wildman–Crippen LogP) is 3.55. The van der Waals surface area contributed by atoms with E-state index in [-0.39, 0.29) is 12.3 Å². The molecule has 6 heteroatoms. The van der Waals surface area contributed by atoms with Crippen molar-refractivity contribution in [3.05, 3.63) is 78.1 Å². The summed E-state index contributed by atoms with van der Waals surface area (Å²) in [7, 11) is 0. The van der Waals surface area contributed by atoms with Crippen molar-refractivity contribution < 1.29 is 14.3 Å². The standard InChI is InChI=1S/C22H23N3O3/c1-3-17-9-11-19(12-10-17)24-22(27)16(2)28-21(26)13-18-14-23-25(15-18)20-7-5-4-6-8-20/h4-12,14-16H,3,13H2,1-2H3,(H,24,27). The zero-order chi connectivity index (χ0) is 19.9. The van der Waals surface area contributed by atoms with Crippen LogP contribution in [0.4, 0.5) is 5.69 Å². The Morgan fingerprint density at radius 3 is 2.46 bits per heavy atom. The first-order valence-electron chi connectivity index (χ1n) is 9.23. The fraction of sp³-hybridized carbons (Fsp3) is 0.227. The van der Waals surface area contributed by atoms with Gasteiger partial charge in [-0.2, -0.15) is 5.10 Å². The number of anilines is 1. The van der Waals surface area contributed by atoms with Gasteiger partial charge in [-0.05, 0) is 43.2 Å². The number of hydrogen-bond donors (Lipinski definition) is 1. The number of aryl methyl sites for hydroxylation is 1. The molecule has 1 atom stereocenters. The lowest BCUT2D eigenvalue weighted by Crippen LogP contribution is -2.30. The second-order valence-electron chi connectivity index (χ2n) is 6.48. The molecule has 3 rings (SSSR count). The fourth-order valence-corrected chi connectivity index (χ4v) is 2.70. The molecule has 6 nitrogen and oxygen atoms in total. The Morgan fingerprint density at radius 1 is 1.07 bits per heavy atom. The number of para-hydroxylation sites is 1. The minimum Gasteiger partial charge on any atom is -0.452 e. The van der Waals surface area contributed by atoms with Gasteiger partial charge in [-0.3, -0.25) is 9.59 Å². The van der Waals surface area contributed by atoms with Crippen LogP contribution in [0.15, 0.2) is 67.0 Å². The Labute approximate surface area is 164 Å². The van der Waals surface area contributed by atoms with Crippen LogP contribution >= 0.6 is 0 Å². The largest absolute Gasteiger partial charge is 0.452 e. The highest BCUT2D eigenvalue weighted by molar-refractivity contribution is 5.95. The summed E-state index contributed by atoms with van der Waals surface area (Å²) < 4.78 is 6.95. The van der Waals surface area contributed by atoms with E-state index in [1.165, 1.54) is 5.56 Å². The Balaban J connectivity index is 1.52. The number of rotatable bonds is 7. The summed E-state index contributed by atoms with van der Waals surface area (Å²) in [5.74, 6) is -0.839. The molecule has 1 heterocycles. The molecule has 0 saturated heterocycles. The molecule has 3 aromatic rings. The van der Waals surface area contributed by atoms with E-state index in [1.807, 2.05) is 54.6 Å². The number of nitrogens with zero attached hydrogens (tertiary/aromatic N) is 2. The Kier molecular flexibility index (Phi) is 6.22. The molecule has 1 unspecified atom stereocenters. The smallest absolute Gasteiger partial charge is 0.311 e. The van der Waals surface area contributed by atoms with Gasteiger partial charge in [-0.25, -0.2) is 4.68 Å². The molecule has 0 aliphatic carbocycles. The van der Waals surface area contributed by atoms with Crippen molar-refractivity contribution >= 4 is 17.6 Å². The minimum atomic E-state index is -0.887. The van der Waals surface area contributed by atoms with E-state index in [1.54, 1.807) is 24.0 Å². The van der Waals surface area contributed by atoms with E-state index in [0.29, 0.717) is 5.69 Å². The first-order valence-corrected chi connectivity index (χ1v) is 9.23. The van der Waals surface area contributed by atoms with Crippen LogP contribution in [-0.2, 0) is 27.2 Å². The summed E-state index contributed by atoms with van der Waals surface area (Å²) in [6, 6.07) is 17.2. The molecule has 0 aliphatic rings. The normalized spacial score (nSPS) is 11.6. The summed E-state index contributed by atoms with van der Waals surface area (Å²) in [4.78, 5) is 24.4. The second kappa shape index (κ2) is 8.99. The van der Waals surface area contributed by atoms with Crippen LogP contribution in [0.3, 0.4) is 0 Å². The van der Waals surface area contributed by atoms with E-state index in [0.717, 1.165) is 17.7 Å². The number of carbonyl (C=O) groups excluding carboxylic acids is 2. The van der Waals surface area contributed by atoms with E-state index < -0.39 is 12.1 Å². The topological polar surface area (TPSA) is 73.2 Å². The van der Waals surface area contributed by atoms with Crippen molar-refractivity contribution in [2.24, 2.45) is 0 Å². The van der Waals surface area contributed by atoms with E-state index in [2.05, 4.69) is 17.3 Å². The minimum absolute atomic E-state index is 0.0512. The van der Waals surface area contributed by atoms with Gasteiger partial charge in [-0.15, -0.1) is 0 Å². The van der Waals surface area contributed by atoms with Gasteiger partial charge in [0.1, 0.15) is 0 Å². The number of hydrogen-bond acceptors (Lipinski definition) is 4.